The molecule has 1 unspecified atom stereocenters. The topological polar surface area (TPSA) is 32.3 Å². The van der Waals surface area contributed by atoms with Crippen LogP contribution in [0.1, 0.15) is 50.1 Å². The molecule has 1 aromatic carbocycles. The first-order valence-corrected chi connectivity index (χ1v) is 7.56. The summed E-state index contributed by atoms with van der Waals surface area (Å²) in [7, 11) is 0. The maximum Gasteiger partial charge on any atom is 0.318 e. The molecule has 1 aromatic rings. The lowest BCUT2D eigenvalue weighted by Gasteiger charge is -2.27. The third kappa shape index (κ3) is 2.79. The number of carbonyl (C=O) groups is 1. The summed E-state index contributed by atoms with van der Waals surface area (Å²) in [6, 6.07) is 6.99. The van der Waals surface area contributed by atoms with E-state index in [1.54, 1.807) is 12.1 Å². The van der Waals surface area contributed by atoms with Gasteiger partial charge in [-0.2, -0.15) is 0 Å². The van der Waals surface area contributed by atoms with Crippen molar-refractivity contribution in [1.29, 1.82) is 0 Å². The molecule has 1 heterocycles. The maximum atomic E-state index is 13.4. The van der Waals surface area contributed by atoms with Crippen LogP contribution in [0.5, 0.6) is 0 Å². The smallest absolute Gasteiger partial charge is 0.318 e. The first-order chi connectivity index (χ1) is 9.74. The van der Waals surface area contributed by atoms with E-state index >= 15 is 0 Å². The van der Waals surface area contributed by atoms with E-state index in [1.165, 1.54) is 18.9 Å². The largest absolute Gasteiger partial charge is 0.335 e. The molecule has 1 saturated heterocycles. The molecule has 1 N–H and O–H groups in total. The maximum absolute atomic E-state index is 13.4. The van der Waals surface area contributed by atoms with E-state index in [1.807, 2.05) is 11.0 Å². The molecule has 1 atom stereocenters. The van der Waals surface area contributed by atoms with Crippen LogP contribution in [-0.2, 0) is 0 Å². The number of rotatable bonds is 2. The van der Waals surface area contributed by atoms with Crippen molar-refractivity contribution in [3.8, 4) is 0 Å². The lowest BCUT2D eigenvalue weighted by atomic mass is 10.0. The van der Waals surface area contributed by atoms with Crippen molar-refractivity contribution >= 4 is 6.03 Å². The minimum atomic E-state index is -0.231. The quantitative estimate of drug-likeness (QED) is 0.879. The van der Waals surface area contributed by atoms with Gasteiger partial charge >= 0.3 is 6.03 Å². The number of hydrogen-bond acceptors (Lipinski definition) is 1. The Morgan fingerprint density at radius 3 is 2.75 bits per heavy atom. The molecule has 2 aliphatic rings. The van der Waals surface area contributed by atoms with Crippen molar-refractivity contribution in [2.75, 3.05) is 6.54 Å². The fourth-order valence-electron chi connectivity index (χ4n) is 3.40. The summed E-state index contributed by atoms with van der Waals surface area (Å²) < 4.78 is 13.4. The molecular formula is C16H21FN2O. The Hall–Kier alpha value is -1.58. The summed E-state index contributed by atoms with van der Waals surface area (Å²) in [6.07, 6.45) is 6.49. The lowest BCUT2D eigenvalue weighted by Crippen LogP contribution is -2.43. The fourth-order valence-corrected chi connectivity index (χ4v) is 3.40. The van der Waals surface area contributed by atoms with E-state index in [0.717, 1.165) is 37.8 Å². The van der Waals surface area contributed by atoms with Gasteiger partial charge in [0.2, 0.25) is 0 Å². The van der Waals surface area contributed by atoms with Gasteiger partial charge in [0.25, 0.3) is 0 Å². The zero-order valence-electron chi connectivity index (χ0n) is 11.6. The summed E-state index contributed by atoms with van der Waals surface area (Å²) in [5.41, 5.74) is 0.907. The van der Waals surface area contributed by atoms with E-state index < -0.39 is 0 Å². The summed E-state index contributed by atoms with van der Waals surface area (Å²) in [5.74, 6) is -0.231. The number of carbonyl (C=O) groups excluding carboxylic acids is 1. The molecule has 108 valence electrons. The van der Waals surface area contributed by atoms with Gasteiger partial charge in [0.1, 0.15) is 5.82 Å². The van der Waals surface area contributed by atoms with Crippen molar-refractivity contribution in [2.45, 2.75) is 50.6 Å². The van der Waals surface area contributed by atoms with Gasteiger partial charge in [-0.1, -0.05) is 25.0 Å². The Labute approximate surface area is 119 Å². The van der Waals surface area contributed by atoms with Gasteiger partial charge in [-0.3, -0.25) is 0 Å². The van der Waals surface area contributed by atoms with Crippen LogP contribution in [-0.4, -0.2) is 23.5 Å². The van der Waals surface area contributed by atoms with Gasteiger partial charge in [0, 0.05) is 12.6 Å². The Morgan fingerprint density at radius 2 is 2.00 bits per heavy atom. The van der Waals surface area contributed by atoms with Gasteiger partial charge in [-0.25, -0.2) is 9.18 Å². The summed E-state index contributed by atoms with van der Waals surface area (Å²) in [4.78, 5) is 14.3. The van der Waals surface area contributed by atoms with Crippen molar-refractivity contribution in [3.63, 3.8) is 0 Å². The molecule has 1 saturated carbocycles. The van der Waals surface area contributed by atoms with Gasteiger partial charge in [-0.05, 0) is 43.4 Å². The molecule has 0 bridgehead atoms. The van der Waals surface area contributed by atoms with Crippen molar-refractivity contribution in [1.82, 2.24) is 10.2 Å². The van der Waals surface area contributed by atoms with Crippen LogP contribution in [0.15, 0.2) is 24.3 Å². The normalized spacial score (nSPS) is 23.2. The molecular weight excluding hydrogens is 255 g/mol. The molecule has 2 amide bonds. The first kappa shape index (κ1) is 13.4. The molecule has 2 fully saturated rings. The van der Waals surface area contributed by atoms with Crippen LogP contribution >= 0.6 is 0 Å². The standard InChI is InChI=1S/C16H21FN2O/c17-13-6-3-5-12(11-13)15-9-4-10-19(15)16(20)18-14-7-1-2-8-14/h3,5-6,11,14-15H,1-2,4,7-10H2,(H,18,20). The van der Waals surface area contributed by atoms with E-state index in [4.69, 9.17) is 0 Å². The number of amides is 2. The van der Waals surface area contributed by atoms with Crippen LogP contribution in [0, 0.1) is 5.82 Å². The van der Waals surface area contributed by atoms with Crippen molar-refractivity contribution in [3.05, 3.63) is 35.6 Å². The lowest BCUT2D eigenvalue weighted by molar-refractivity contribution is 0.189. The number of nitrogens with zero attached hydrogens (tertiary/aromatic N) is 1. The number of halogens is 1. The monoisotopic (exact) mass is 276 g/mol. The van der Waals surface area contributed by atoms with Gasteiger partial charge in [-0.15, -0.1) is 0 Å². The Morgan fingerprint density at radius 1 is 1.20 bits per heavy atom. The zero-order chi connectivity index (χ0) is 13.9. The average molecular weight is 276 g/mol. The summed E-state index contributed by atoms with van der Waals surface area (Å²) in [6.45, 7) is 0.764. The third-order valence-electron chi connectivity index (χ3n) is 4.43. The third-order valence-corrected chi connectivity index (χ3v) is 4.43. The van der Waals surface area contributed by atoms with Crippen LogP contribution < -0.4 is 5.32 Å². The second-order valence-corrected chi connectivity index (χ2v) is 5.84. The van der Waals surface area contributed by atoms with Gasteiger partial charge < -0.3 is 10.2 Å². The summed E-state index contributed by atoms with van der Waals surface area (Å²) in [5, 5.41) is 3.13. The Balaban J connectivity index is 1.70. The van der Waals surface area contributed by atoms with Crippen molar-refractivity contribution < 1.29 is 9.18 Å². The van der Waals surface area contributed by atoms with Crippen LogP contribution in [0.4, 0.5) is 9.18 Å². The SMILES string of the molecule is O=C(NC1CCCC1)N1CCCC1c1cccc(F)c1. The number of nitrogens with one attached hydrogen (secondary N) is 1. The number of hydrogen-bond donors (Lipinski definition) is 1. The second kappa shape index (κ2) is 5.81. The zero-order valence-corrected chi connectivity index (χ0v) is 11.6. The predicted octanol–water partition coefficient (Wildman–Crippen LogP) is 3.61. The van der Waals surface area contributed by atoms with E-state index in [9.17, 15) is 9.18 Å². The molecule has 20 heavy (non-hydrogen) atoms. The molecule has 0 radical (unpaired) electrons. The number of likely N-dealkylation sites (tertiary alicyclic amines) is 1. The fraction of sp³-hybridized carbons (Fsp3) is 0.562. The number of benzene rings is 1. The molecule has 1 aliphatic carbocycles. The van der Waals surface area contributed by atoms with Gasteiger partial charge in [0.05, 0.1) is 6.04 Å². The average Bonchev–Trinajstić information content (AvgIpc) is 3.09. The Kier molecular flexibility index (Phi) is 3.90. The first-order valence-electron chi connectivity index (χ1n) is 7.56. The predicted molar refractivity (Wildman–Crippen MR) is 75.9 cm³/mol. The minimum Gasteiger partial charge on any atom is -0.335 e. The second-order valence-electron chi connectivity index (χ2n) is 5.84. The Bertz CT molecular complexity index is 485. The van der Waals surface area contributed by atoms with E-state index in [0.29, 0.717) is 6.04 Å². The van der Waals surface area contributed by atoms with Gasteiger partial charge in [0.15, 0.2) is 0 Å². The minimum absolute atomic E-state index is 0.0173. The molecule has 3 rings (SSSR count). The van der Waals surface area contributed by atoms with Crippen molar-refractivity contribution in [2.24, 2.45) is 0 Å². The highest BCUT2D eigenvalue weighted by molar-refractivity contribution is 5.75. The van der Waals surface area contributed by atoms with Crippen LogP contribution in [0.3, 0.4) is 0 Å². The summed E-state index contributed by atoms with van der Waals surface area (Å²) >= 11 is 0. The van der Waals surface area contributed by atoms with Crippen LogP contribution in [0.2, 0.25) is 0 Å². The molecule has 1 aliphatic heterocycles. The highest BCUT2D eigenvalue weighted by Crippen LogP contribution is 2.32. The van der Waals surface area contributed by atoms with E-state index in [2.05, 4.69) is 5.32 Å². The molecule has 0 spiro atoms. The van der Waals surface area contributed by atoms with E-state index in [-0.39, 0.29) is 17.9 Å². The highest BCUT2D eigenvalue weighted by Gasteiger charge is 2.31. The number of urea groups is 1. The van der Waals surface area contributed by atoms with Crippen LogP contribution in [0.25, 0.3) is 0 Å². The highest BCUT2D eigenvalue weighted by atomic mass is 19.1. The molecule has 4 heteroatoms. The molecule has 0 aromatic heterocycles. The molecule has 3 nitrogen and oxygen atoms in total.